The first-order chi connectivity index (χ1) is 6.76. The van der Waals surface area contributed by atoms with Crippen LogP contribution in [0.25, 0.3) is 0 Å². The van der Waals surface area contributed by atoms with Gasteiger partial charge in [0.05, 0.1) is 6.10 Å². The van der Waals surface area contributed by atoms with Crippen LogP contribution in [0.15, 0.2) is 0 Å². The minimum atomic E-state index is -0.481. The van der Waals surface area contributed by atoms with Gasteiger partial charge >= 0.3 is 5.97 Å². The maximum Gasteiger partial charge on any atom is 0.335 e. The van der Waals surface area contributed by atoms with Crippen molar-refractivity contribution in [2.24, 2.45) is 0 Å². The maximum absolute atomic E-state index is 11.6. The van der Waals surface area contributed by atoms with Gasteiger partial charge in [-0.2, -0.15) is 0 Å². The fraction of sp³-hybridized carbons (Fsp3) is 0.917. The molecule has 0 amide bonds. The summed E-state index contributed by atoms with van der Waals surface area (Å²) >= 11 is 0. The molecule has 3 heteroatoms. The second-order valence-electron chi connectivity index (χ2n) is 4.91. The first-order valence-electron chi connectivity index (χ1n) is 5.64. The van der Waals surface area contributed by atoms with Gasteiger partial charge in [0, 0.05) is 0 Å². The molecule has 0 radical (unpaired) electrons. The van der Waals surface area contributed by atoms with E-state index in [0.29, 0.717) is 0 Å². The lowest BCUT2D eigenvalue weighted by atomic mass is 10.2. The van der Waals surface area contributed by atoms with Gasteiger partial charge in [0.15, 0.2) is 6.10 Å². The van der Waals surface area contributed by atoms with E-state index >= 15 is 0 Å². The van der Waals surface area contributed by atoms with Gasteiger partial charge in [-0.25, -0.2) is 4.79 Å². The molecule has 90 valence electrons. The zero-order chi connectivity index (χ0) is 12.1. The van der Waals surface area contributed by atoms with E-state index in [0.717, 1.165) is 12.8 Å². The summed E-state index contributed by atoms with van der Waals surface area (Å²) in [6.45, 7) is 11.4. The van der Waals surface area contributed by atoms with Crippen LogP contribution in [-0.4, -0.2) is 23.8 Å². The van der Waals surface area contributed by atoms with Crippen LogP contribution in [0.4, 0.5) is 0 Å². The predicted octanol–water partition coefficient (Wildman–Crippen LogP) is 2.92. The molecule has 2 atom stereocenters. The number of carbonyl (C=O) groups excluding carboxylic acids is 1. The quantitative estimate of drug-likeness (QED) is 0.663. The zero-order valence-corrected chi connectivity index (χ0v) is 10.8. The van der Waals surface area contributed by atoms with Crippen molar-refractivity contribution in [1.29, 1.82) is 0 Å². The van der Waals surface area contributed by atoms with E-state index in [2.05, 4.69) is 6.92 Å². The number of ether oxygens (including phenoxy) is 2. The minimum Gasteiger partial charge on any atom is -0.458 e. The second-order valence-corrected chi connectivity index (χ2v) is 4.91. The largest absolute Gasteiger partial charge is 0.458 e. The van der Waals surface area contributed by atoms with Gasteiger partial charge in [-0.1, -0.05) is 13.3 Å². The van der Waals surface area contributed by atoms with Crippen LogP contribution in [0, 0.1) is 0 Å². The summed E-state index contributed by atoms with van der Waals surface area (Å²) in [5, 5.41) is 0. The summed E-state index contributed by atoms with van der Waals surface area (Å²) in [6, 6.07) is 0. The second kappa shape index (κ2) is 6.11. The van der Waals surface area contributed by atoms with Gasteiger partial charge < -0.3 is 9.47 Å². The van der Waals surface area contributed by atoms with Crippen LogP contribution < -0.4 is 0 Å². The predicted molar refractivity (Wildman–Crippen MR) is 60.8 cm³/mol. The number of esters is 1. The highest BCUT2D eigenvalue weighted by molar-refractivity contribution is 5.74. The summed E-state index contributed by atoms with van der Waals surface area (Å²) in [7, 11) is 0. The van der Waals surface area contributed by atoms with Crippen molar-refractivity contribution in [3.63, 3.8) is 0 Å². The van der Waals surface area contributed by atoms with Gasteiger partial charge in [-0.15, -0.1) is 0 Å². The van der Waals surface area contributed by atoms with Crippen molar-refractivity contribution >= 4 is 5.97 Å². The molecule has 0 heterocycles. The molecule has 0 fully saturated rings. The van der Waals surface area contributed by atoms with Crippen molar-refractivity contribution in [3.05, 3.63) is 0 Å². The molecule has 0 aliphatic heterocycles. The van der Waals surface area contributed by atoms with Crippen molar-refractivity contribution in [1.82, 2.24) is 0 Å². The molecule has 0 spiro atoms. The summed E-state index contributed by atoms with van der Waals surface area (Å²) in [4.78, 5) is 11.6. The molecular weight excluding hydrogens is 192 g/mol. The van der Waals surface area contributed by atoms with Crippen molar-refractivity contribution < 1.29 is 14.3 Å². The fourth-order valence-corrected chi connectivity index (χ4v) is 1.26. The van der Waals surface area contributed by atoms with E-state index in [1.165, 1.54) is 0 Å². The number of rotatable bonds is 5. The van der Waals surface area contributed by atoms with Gasteiger partial charge in [0.1, 0.15) is 5.60 Å². The Labute approximate surface area is 93.1 Å². The summed E-state index contributed by atoms with van der Waals surface area (Å²) in [5.74, 6) is -0.287. The highest BCUT2D eigenvalue weighted by Crippen LogP contribution is 2.12. The first kappa shape index (κ1) is 14.4. The monoisotopic (exact) mass is 216 g/mol. The molecule has 0 bridgehead atoms. The molecule has 2 unspecified atom stereocenters. The van der Waals surface area contributed by atoms with Crippen molar-refractivity contribution in [2.45, 2.75) is 72.2 Å². The molecule has 0 aromatic carbocycles. The highest BCUT2D eigenvalue weighted by Gasteiger charge is 2.23. The molecule has 0 aliphatic carbocycles. The Kier molecular flexibility index (Phi) is 5.88. The Morgan fingerprint density at radius 1 is 1.27 bits per heavy atom. The molecule has 0 saturated carbocycles. The highest BCUT2D eigenvalue weighted by atomic mass is 16.6. The lowest BCUT2D eigenvalue weighted by Gasteiger charge is -2.24. The third kappa shape index (κ3) is 7.37. The summed E-state index contributed by atoms with van der Waals surface area (Å²) in [6.07, 6.45) is 1.65. The third-order valence-corrected chi connectivity index (χ3v) is 1.87. The van der Waals surface area contributed by atoms with Crippen LogP contribution in [0.1, 0.15) is 54.4 Å². The van der Waals surface area contributed by atoms with E-state index in [1.54, 1.807) is 6.92 Å². The SMILES string of the molecule is CCCC(C)OC(C)C(=O)OC(C)(C)C. The van der Waals surface area contributed by atoms with Gasteiger partial charge in [0.2, 0.25) is 0 Å². The Morgan fingerprint density at radius 3 is 2.20 bits per heavy atom. The molecule has 0 rings (SSSR count). The van der Waals surface area contributed by atoms with Crippen LogP contribution in [0.2, 0.25) is 0 Å². The van der Waals surface area contributed by atoms with E-state index in [1.807, 2.05) is 27.7 Å². The summed E-state index contributed by atoms with van der Waals surface area (Å²) < 4.78 is 10.7. The Balaban J connectivity index is 3.99. The van der Waals surface area contributed by atoms with Gasteiger partial charge in [-0.3, -0.25) is 0 Å². The smallest absolute Gasteiger partial charge is 0.335 e. The molecule has 0 aliphatic rings. The van der Waals surface area contributed by atoms with Crippen molar-refractivity contribution in [3.8, 4) is 0 Å². The van der Waals surface area contributed by atoms with Crippen LogP contribution in [0.5, 0.6) is 0 Å². The van der Waals surface area contributed by atoms with E-state index in [9.17, 15) is 4.79 Å². The molecule has 3 nitrogen and oxygen atoms in total. The maximum atomic E-state index is 11.6. The minimum absolute atomic E-state index is 0.109. The fourth-order valence-electron chi connectivity index (χ4n) is 1.26. The van der Waals surface area contributed by atoms with Crippen LogP contribution in [-0.2, 0) is 14.3 Å². The molecule has 15 heavy (non-hydrogen) atoms. The Hall–Kier alpha value is -0.570. The van der Waals surface area contributed by atoms with Gasteiger partial charge in [-0.05, 0) is 41.0 Å². The van der Waals surface area contributed by atoms with Gasteiger partial charge in [0.25, 0.3) is 0 Å². The molecule has 0 aromatic heterocycles. The average molecular weight is 216 g/mol. The molecule has 0 N–H and O–H groups in total. The number of hydrogen-bond donors (Lipinski definition) is 0. The van der Waals surface area contributed by atoms with Crippen LogP contribution in [0.3, 0.4) is 0 Å². The van der Waals surface area contributed by atoms with Crippen molar-refractivity contribution in [2.75, 3.05) is 0 Å². The first-order valence-corrected chi connectivity index (χ1v) is 5.64. The molecular formula is C12H24O3. The third-order valence-electron chi connectivity index (χ3n) is 1.87. The Bertz CT molecular complexity index is 194. The normalized spacial score (nSPS) is 15.9. The topological polar surface area (TPSA) is 35.5 Å². The lowest BCUT2D eigenvalue weighted by molar-refractivity contribution is -0.170. The Morgan fingerprint density at radius 2 is 1.80 bits per heavy atom. The standard InChI is InChI=1S/C12H24O3/c1-7-8-9(2)14-10(3)11(13)15-12(4,5)6/h9-10H,7-8H2,1-6H3. The average Bonchev–Trinajstić information content (AvgIpc) is 2.00. The number of carbonyl (C=O) groups is 1. The van der Waals surface area contributed by atoms with E-state index < -0.39 is 11.7 Å². The van der Waals surface area contributed by atoms with E-state index in [-0.39, 0.29) is 12.1 Å². The lowest BCUT2D eigenvalue weighted by Crippen LogP contribution is -2.33. The molecule has 0 aromatic rings. The molecule has 0 saturated heterocycles. The summed E-state index contributed by atoms with van der Waals surface area (Å²) in [5.41, 5.74) is -0.442. The number of hydrogen-bond acceptors (Lipinski definition) is 3. The zero-order valence-electron chi connectivity index (χ0n) is 10.8. The van der Waals surface area contributed by atoms with E-state index in [4.69, 9.17) is 9.47 Å². The van der Waals surface area contributed by atoms with Crippen LogP contribution >= 0.6 is 0 Å².